The van der Waals surface area contributed by atoms with Crippen LogP contribution in [0.5, 0.6) is 0 Å². The molecule has 0 bridgehead atoms. The van der Waals surface area contributed by atoms with Crippen LogP contribution in [0.4, 0.5) is 15.9 Å². The van der Waals surface area contributed by atoms with Crippen molar-refractivity contribution in [2.75, 3.05) is 30.8 Å². The maximum absolute atomic E-state index is 13.5. The molecule has 0 aliphatic carbocycles. The first-order valence-electron chi connectivity index (χ1n) is 10.2. The third kappa shape index (κ3) is 5.21. The number of nitrogens with zero attached hydrogens (tertiary/aromatic N) is 3. The van der Waals surface area contributed by atoms with Crippen LogP contribution in [0.2, 0.25) is 0 Å². The van der Waals surface area contributed by atoms with Crippen molar-refractivity contribution in [3.63, 3.8) is 0 Å². The van der Waals surface area contributed by atoms with Crippen molar-refractivity contribution in [2.45, 2.75) is 12.8 Å². The summed E-state index contributed by atoms with van der Waals surface area (Å²) >= 11 is 3.12. The smallest absolute Gasteiger partial charge is 0.423 e. The van der Waals surface area contributed by atoms with Gasteiger partial charge in [0, 0.05) is 36.9 Å². The number of benzene rings is 2. The first-order valence-corrected chi connectivity index (χ1v) is 11.0. The number of nitrogens with one attached hydrogen (secondary N) is 3. The molecule has 1 aromatic heterocycles. The lowest BCUT2D eigenvalue weighted by atomic mass is 9.76. The van der Waals surface area contributed by atoms with E-state index in [9.17, 15) is 19.4 Å². The summed E-state index contributed by atoms with van der Waals surface area (Å²) in [7, 11) is 0.284. The van der Waals surface area contributed by atoms with Gasteiger partial charge in [-0.15, -0.1) is 0 Å². The summed E-state index contributed by atoms with van der Waals surface area (Å²) < 4.78 is 23.8. The molecule has 34 heavy (non-hydrogen) atoms. The number of fused-ring (bicyclic) bond motifs is 1. The molecule has 0 radical (unpaired) electrons. The standard InChI is InChI=1S/C20H21BBrFN6O5/c1-29(32)19(26-12-5-6-15(23)14(22)9-12)17-18(28-34-27-17)24-7-8-25-20(30)13-4-2-3-11-10-33-21(31)16(11)13/h2-6,9,19,26,31-32H,7-8,10H2,1H3,(H,24,28)(H,25,30). The Labute approximate surface area is 202 Å². The average Bonchev–Trinajstić information content (AvgIpc) is 3.43. The summed E-state index contributed by atoms with van der Waals surface area (Å²) in [5.41, 5.74) is 2.36. The Morgan fingerprint density at radius 3 is 2.91 bits per heavy atom. The quantitative estimate of drug-likeness (QED) is 0.118. The van der Waals surface area contributed by atoms with E-state index in [1.54, 1.807) is 18.2 Å². The van der Waals surface area contributed by atoms with Gasteiger partial charge >= 0.3 is 7.12 Å². The molecule has 4 rings (SSSR count). The van der Waals surface area contributed by atoms with Crippen molar-refractivity contribution in [3.05, 3.63) is 63.5 Å². The van der Waals surface area contributed by atoms with Gasteiger partial charge in [0.15, 0.2) is 17.7 Å². The number of hydroxylamine groups is 2. The van der Waals surface area contributed by atoms with Gasteiger partial charge in [0.2, 0.25) is 0 Å². The molecule has 1 aliphatic rings. The van der Waals surface area contributed by atoms with Crippen LogP contribution in [0.15, 0.2) is 45.5 Å². The molecule has 178 valence electrons. The molecule has 11 nitrogen and oxygen atoms in total. The maximum atomic E-state index is 13.5. The van der Waals surface area contributed by atoms with E-state index in [1.165, 1.54) is 25.2 Å². The Kier molecular flexibility index (Phi) is 7.43. The molecule has 2 aromatic carbocycles. The molecule has 3 aromatic rings. The minimum atomic E-state index is -1.12. The minimum Gasteiger partial charge on any atom is -0.423 e. The van der Waals surface area contributed by atoms with Gasteiger partial charge in [0.1, 0.15) is 5.82 Å². The first-order chi connectivity index (χ1) is 16.3. The highest BCUT2D eigenvalue weighted by molar-refractivity contribution is 9.10. The Hall–Kier alpha value is -3.04. The Balaban J connectivity index is 1.37. The number of aromatic nitrogens is 2. The molecule has 2 heterocycles. The molecular weight excluding hydrogens is 514 g/mol. The second-order valence-electron chi connectivity index (χ2n) is 7.47. The lowest BCUT2D eigenvalue weighted by Gasteiger charge is -2.23. The largest absolute Gasteiger partial charge is 0.492 e. The Bertz CT molecular complexity index is 1180. The van der Waals surface area contributed by atoms with Gasteiger partial charge in [-0.1, -0.05) is 12.1 Å². The highest BCUT2D eigenvalue weighted by Gasteiger charge is 2.32. The molecule has 1 unspecified atom stereocenters. The number of amides is 1. The summed E-state index contributed by atoms with van der Waals surface area (Å²) in [6.07, 6.45) is -0.867. The van der Waals surface area contributed by atoms with Crippen LogP contribution < -0.4 is 21.4 Å². The van der Waals surface area contributed by atoms with Crippen LogP contribution in [-0.4, -0.2) is 58.8 Å². The molecule has 0 fully saturated rings. The van der Waals surface area contributed by atoms with Gasteiger partial charge in [-0.05, 0) is 56.1 Å². The number of halogens is 2. The van der Waals surface area contributed by atoms with Crippen molar-refractivity contribution in [1.82, 2.24) is 20.7 Å². The van der Waals surface area contributed by atoms with Crippen molar-refractivity contribution in [3.8, 4) is 0 Å². The molecule has 1 amide bonds. The monoisotopic (exact) mass is 534 g/mol. The first kappa shape index (κ1) is 24.1. The van der Waals surface area contributed by atoms with Gasteiger partial charge in [0.25, 0.3) is 5.91 Å². The SMILES string of the molecule is CN(O)C(Nc1ccc(F)c(Br)c1)c1nonc1NCCNC(=O)c1cccc2c1B(O)OC2. The van der Waals surface area contributed by atoms with E-state index in [4.69, 9.17) is 9.28 Å². The molecule has 1 aliphatic heterocycles. The van der Waals surface area contributed by atoms with Gasteiger partial charge in [-0.3, -0.25) is 4.79 Å². The van der Waals surface area contributed by atoms with E-state index in [0.717, 1.165) is 10.6 Å². The van der Waals surface area contributed by atoms with Crippen LogP contribution in [0.25, 0.3) is 0 Å². The molecule has 1 atom stereocenters. The van der Waals surface area contributed by atoms with E-state index in [1.807, 2.05) is 0 Å². The molecular formula is C20H21BBrFN6O5. The number of carbonyl (C=O) groups excluding carboxylic acids is 1. The average molecular weight is 535 g/mol. The third-order valence-electron chi connectivity index (χ3n) is 5.16. The second-order valence-corrected chi connectivity index (χ2v) is 8.33. The van der Waals surface area contributed by atoms with E-state index < -0.39 is 19.1 Å². The van der Waals surface area contributed by atoms with Crippen LogP contribution >= 0.6 is 15.9 Å². The summed E-state index contributed by atoms with van der Waals surface area (Å²) in [6.45, 7) is 0.749. The zero-order chi connectivity index (χ0) is 24.2. The van der Waals surface area contributed by atoms with Crippen molar-refractivity contribution in [1.29, 1.82) is 0 Å². The van der Waals surface area contributed by atoms with Crippen LogP contribution in [0, 0.1) is 5.82 Å². The number of carbonyl (C=O) groups is 1. The zero-order valence-electron chi connectivity index (χ0n) is 18.0. The maximum Gasteiger partial charge on any atom is 0.492 e. The number of hydrogen-bond acceptors (Lipinski definition) is 10. The third-order valence-corrected chi connectivity index (χ3v) is 5.76. The van der Waals surface area contributed by atoms with E-state index in [0.29, 0.717) is 16.7 Å². The summed E-state index contributed by atoms with van der Waals surface area (Å²) in [4.78, 5) is 12.6. The van der Waals surface area contributed by atoms with Crippen molar-refractivity contribution < 1.29 is 28.7 Å². The lowest BCUT2D eigenvalue weighted by molar-refractivity contribution is -0.0969. The molecule has 0 saturated heterocycles. The Morgan fingerprint density at radius 2 is 2.15 bits per heavy atom. The molecule has 0 saturated carbocycles. The zero-order valence-corrected chi connectivity index (χ0v) is 19.5. The van der Waals surface area contributed by atoms with E-state index in [2.05, 4.69) is 42.2 Å². The van der Waals surface area contributed by atoms with E-state index in [-0.39, 0.29) is 41.6 Å². The molecule has 0 spiro atoms. The predicted octanol–water partition coefficient (Wildman–Crippen LogP) is 1.46. The van der Waals surface area contributed by atoms with Crippen LogP contribution in [-0.2, 0) is 11.3 Å². The topological polar surface area (TPSA) is 145 Å². The molecule has 14 heteroatoms. The second kappa shape index (κ2) is 10.5. The molecule has 5 N–H and O–H groups in total. The van der Waals surface area contributed by atoms with Gasteiger partial charge in [0.05, 0.1) is 11.1 Å². The predicted molar refractivity (Wildman–Crippen MR) is 124 cm³/mol. The summed E-state index contributed by atoms with van der Waals surface area (Å²) in [5, 5.41) is 37.4. The van der Waals surface area contributed by atoms with Gasteiger partial charge in [-0.25, -0.2) is 9.02 Å². The lowest BCUT2D eigenvalue weighted by Crippen LogP contribution is -2.38. The highest BCUT2D eigenvalue weighted by atomic mass is 79.9. The minimum absolute atomic E-state index is 0.226. The Morgan fingerprint density at radius 1 is 1.32 bits per heavy atom. The van der Waals surface area contributed by atoms with Crippen LogP contribution in [0.1, 0.15) is 27.8 Å². The van der Waals surface area contributed by atoms with Crippen molar-refractivity contribution >= 4 is 45.9 Å². The number of anilines is 2. The number of rotatable bonds is 9. The highest BCUT2D eigenvalue weighted by Crippen LogP contribution is 2.27. The fourth-order valence-electron chi connectivity index (χ4n) is 3.51. The normalized spacial score (nSPS) is 13.6. The number of hydrogen-bond donors (Lipinski definition) is 5. The van der Waals surface area contributed by atoms with Gasteiger partial charge in [-0.2, -0.15) is 5.06 Å². The van der Waals surface area contributed by atoms with Crippen molar-refractivity contribution in [2.24, 2.45) is 0 Å². The fourth-order valence-corrected chi connectivity index (χ4v) is 3.89. The van der Waals surface area contributed by atoms with Gasteiger partial charge < -0.3 is 30.8 Å². The van der Waals surface area contributed by atoms with E-state index >= 15 is 0 Å². The fraction of sp³-hybridized carbons (Fsp3) is 0.250. The summed E-state index contributed by atoms with van der Waals surface area (Å²) in [6, 6.07) is 9.46. The van der Waals surface area contributed by atoms with Crippen LogP contribution in [0.3, 0.4) is 0 Å². The summed E-state index contributed by atoms with van der Waals surface area (Å²) in [5.74, 6) is -0.522.